The number of carbonyl (C=O) groups is 3. The molecule has 0 saturated carbocycles. The van der Waals surface area contributed by atoms with Gasteiger partial charge in [0.25, 0.3) is 0 Å². The first-order valence-electron chi connectivity index (χ1n) is 6.07. The molecule has 1 aromatic carbocycles. The molecule has 6 nitrogen and oxygen atoms in total. The number of carbonyl (C=O) groups excluding carboxylic acids is 3. The molecule has 0 saturated heterocycles. The minimum absolute atomic E-state index is 0.283. The van der Waals surface area contributed by atoms with Crippen molar-refractivity contribution in [3.05, 3.63) is 29.3 Å². The van der Waals surface area contributed by atoms with E-state index < -0.39 is 40.7 Å². The van der Waals surface area contributed by atoms with E-state index in [0.717, 1.165) is 13.2 Å². The second kappa shape index (κ2) is 7.32. The lowest BCUT2D eigenvalue weighted by Crippen LogP contribution is -2.36. The molecule has 2 amide bonds. The van der Waals surface area contributed by atoms with Crippen LogP contribution in [0, 0.1) is 11.6 Å². The summed E-state index contributed by atoms with van der Waals surface area (Å²) in [6, 6.07) is 1.19. The Morgan fingerprint density at radius 3 is 2.38 bits per heavy atom. The molecule has 21 heavy (non-hydrogen) atoms. The standard InChI is InChI=1S/C13H14F2N2O4/c1-3-4-16-11(18)12(19)17-10-5-7(13(20)21-2)8(14)6-9(10)15/h5-6H,3-4H2,1-2H3,(H,16,18)(H,17,19). The van der Waals surface area contributed by atoms with E-state index >= 15 is 0 Å². The van der Waals surface area contributed by atoms with Gasteiger partial charge in [0.15, 0.2) is 0 Å². The van der Waals surface area contributed by atoms with Crippen molar-refractivity contribution in [1.82, 2.24) is 5.32 Å². The van der Waals surface area contributed by atoms with Gasteiger partial charge in [-0.2, -0.15) is 0 Å². The van der Waals surface area contributed by atoms with E-state index in [4.69, 9.17) is 0 Å². The third-order valence-corrected chi connectivity index (χ3v) is 2.45. The number of amides is 2. The Balaban J connectivity index is 2.95. The topological polar surface area (TPSA) is 84.5 Å². The Morgan fingerprint density at radius 1 is 1.14 bits per heavy atom. The van der Waals surface area contributed by atoms with Gasteiger partial charge in [-0.05, 0) is 12.5 Å². The molecule has 0 fully saturated rings. The molecule has 0 atom stereocenters. The quantitative estimate of drug-likeness (QED) is 0.647. The average Bonchev–Trinajstić information content (AvgIpc) is 2.46. The minimum Gasteiger partial charge on any atom is -0.465 e. The van der Waals surface area contributed by atoms with Crippen LogP contribution in [-0.4, -0.2) is 31.4 Å². The lowest BCUT2D eigenvalue weighted by Gasteiger charge is -2.09. The lowest BCUT2D eigenvalue weighted by atomic mass is 10.1. The molecule has 114 valence electrons. The molecule has 2 N–H and O–H groups in total. The smallest absolute Gasteiger partial charge is 0.340 e. The van der Waals surface area contributed by atoms with Crippen LogP contribution in [-0.2, 0) is 14.3 Å². The van der Waals surface area contributed by atoms with E-state index in [-0.39, 0.29) is 6.54 Å². The molecular weight excluding hydrogens is 286 g/mol. The highest BCUT2D eigenvalue weighted by Gasteiger charge is 2.20. The third-order valence-electron chi connectivity index (χ3n) is 2.45. The summed E-state index contributed by atoms with van der Waals surface area (Å²) in [7, 11) is 1.03. The number of methoxy groups -OCH3 is 1. The molecule has 0 aromatic heterocycles. The fourth-order valence-electron chi connectivity index (χ4n) is 1.41. The van der Waals surface area contributed by atoms with E-state index in [2.05, 4.69) is 10.1 Å². The summed E-state index contributed by atoms with van der Waals surface area (Å²) in [6.07, 6.45) is 0.621. The Morgan fingerprint density at radius 2 is 1.81 bits per heavy atom. The van der Waals surface area contributed by atoms with E-state index in [1.54, 1.807) is 6.92 Å². The minimum atomic E-state index is -1.13. The number of hydrogen-bond donors (Lipinski definition) is 2. The molecule has 0 radical (unpaired) electrons. The van der Waals surface area contributed by atoms with Crippen molar-refractivity contribution in [1.29, 1.82) is 0 Å². The molecule has 0 heterocycles. The van der Waals surface area contributed by atoms with E-state index in [0.29, 0.717) is 12.5 Å². The predicted molar refractivity (Wildman–Crippen MR) is 69.6 cm³/mol. The highest BCUT2D eigenvalue weighted by atomic mass is 19.1. The van der Waals surface area contributed by atoms with Crippen LogP contribution in [0.1, 0.15) is 23.7 Å². The molecule has 0 unspecified atom stereocenters. The number of ether oxygens (including phenoxy) is 1. The molecule has 0 bridgehead atoms. The highest BCUT2D eigenvalue weighted by molar-refractivity contribution is 6.39. The van der Waals surface area contributed by atoms with E-state index in [1.165, 1.54) is 0 Å². The van der Waals surface area contributed by atoms with Crippen molar-refractivity contribution in [2.75, 3.05) is 19.0 Å². The van der Waals surface area contributed by atoms with Crippen LogP contribution in [0.5, 0.6) is 0 Å². The first kappa shape index (κ1) is 16.5. The van der Waals surface area contributed by atoms with Gasteiger partial charge in [-0.3, -0.25) is 9.59 Å². The second-order valence-corrected chi connectivity index (χ2v) is 4.01. The summed E-state index contributed by atoms with van der Waals surface area (Å²) in [5.41, 5.74) is -1.04. The maximum Gasteiger partial charge on any atom is 0.340 e. The number of hydrogen-bond acceptors (Lipinski definition) is 4. The maximum atomic E-state index is 13.5. The predicted octanol–water partition coefficient (Wildman–Crippen LogP) is 1.22. The Labute approximate surface area is 119 Å². The average molecular weight is 300 g/mol. The zero-order chi connectivity index (χ0) is 16.0. The van der Waals surface area contributed by atoms with Gasteiger partial charge in [-0.15, -0.1) is 0 Å². The van der Waals surface area contributed by atoms with Gasteiger partial charge in [-0.25, -0.2) is 13.6 Å². The van der Waals surface area contributed by atoms with Gasteiger partial charge in [0.05, 0.1) is 18.4 Å². The van der Waals surface area contributed by atoms with Crippen molar-refractivity contribution in [2.24, 2.45) is 0 Å². The van der Waals surface area contributed by atoms with E-state index in [1.807, 2.05) is 5.32 Å². The summed E-state index contributed by atoms with van der Waals surface area (Å²) in [6.45, 7) is 2.08. The van der Waals surface area contributed by atoms with Crippen molar-refractivity contribution < 1.29 is 27.9 Å². The van der Waals surface area contributed by atoms with Gasteiger partial charge in [0.1, 0.15) is 11.6 Å². The second-order valence-electron chi connectivity index (χ2n) is 4.01. The molecule has 0 aliphatic carbocycles. The first-order valence-corrected chi connectivity index (χ1v) is 6.07. The van der Waals surface area contributed by atoms with Gasteiger partial charge in [0, 0.05) is 12.6 Å². The van der Waals surface area contributed by atoms with Crippen molar-refractivity contribution >= 4 is 23.5 Å². The number of esters is 1. The van der Waals surface area contributed by atoms with Crippen LogP contribution in [0.3, 0.4) is 0 Å². The van der Waals surface area contributed by atoms with Gasteiger partial charge < -0.3 is 15.4 Å². The molecule has 8 heteroatoms. The largest absolute Gasteiger partial charge is 0.465 e. The zero-order valence-corrected chi connectivity index (χ0v) is 11.5. The van der Waals surface area contributed by atoms with Gasteiger partial charge >= 0.3 is 17.8 Å². The summed E-state index contributed by atoms with van der Waals surface area (Å²) in [5, 5.41) is 4.26. The maximum absolute atomic E-state index is 13.5. The monoisotopic (exact) mass is 300 g/mol. The molecule has 1 aromatic rings. The van der Waals surface area contributed by atoms with Crippen LogP contribution >= 0.6 is 0 Å². The van der Waals surface area contributed by atoms with Crippen molar-refractivity contribution in [3.63, 3.8) is 0 Å². The SMILES string of the molecule is CCCNC(=O)C(=O)Nc1cc(C(=O)OC)c(F)cc1F. The van der Waals surface area contributed by atoms with Crippen LogP contribution in [0.4, 0.5) is 14.5 Å². The van der Waals surface area contributed by atoms with Gasteiger partial charge in [-0.1, -0.05) is 6.92 Å². The van der Waals surface area contributed by atoms with Crippen LogP contribution in [0.25, 0.3) is 0 Å². The third kappa shape index (κ3) is 4.23. The fraction of sp³-hybridized carbons (Fsp3) is 0.308. The fourth-order valence-corrected chi connectivity index (χ4v) is 1.41. The Kier molecular flexibility index (Phi) is 5.77. The lowest BCUT2D eigenvalue weighted by molar-refractivity contribution is -0.136. The van der Waals surface area contributed by atoms with Crippen LogP contribution in [0.2, 0.25) is 0 Å². The van der Waals surface area contributed by atoms with Crippen LogP contribution in [0.15, 0.2) is 12.1 Å². The zero-order valence-electron chi connectivity index (χ0n) is 11.5. The summed E-state index contributed by atoms with van der Waals surface area (Å²) in [4.78, 5) is 34.1. The summed E-state index contributed by atoms with van der Waals surface area (Å²) in [5.74, 6) is -5.35. The molecule has 0 aliphatic rings. The summed E-state index contributed by atoms with van der Waals surface area (Å²) >= 11 is 0. The number of benzene rings is 1. The number of rotatable bonds is 4. The van der Waals surface area contributed by atoms with Crippen molar-refractivity contribution in [3.8, 4) is 0 Å². The molecule has 1 rings (SSSR count). The normalized spacial score (nSPS) is 9.90. The van der Waals surface area contributed by atoms with E-state index in [9.17, 15) is 23.2 Å². The number of nitrogens with one attached hydrogen (secondary N) is 2. The molecule has 0 aliphatic heterocycles. The highest BCUT2D eigenvalue weighted by Crippen LogP contribution is 2.20. The summed E-state index contributed by atoms with van der Waals surface area (Å²) < 4.78 is 31.3. The first-order chi connectivity index (χ1) is 9.90. The van der Waals surface area contributed by atoms with Crippen LogP contribution < -0.4 is 10.6 Å². The molecular formula is C13H14F2N2O4. The number of halogens is 2. The Bertz CT molecular complexity index is 576. The number of anilines is 1. The van der Waals surface area contributed by atoms with Crippen molar-refractivity contribution in [2.45, 2.75) is 13.3 Å². The van der Waals surface area contributed by atoms with Gasteiger partial charge in [0.2, 0.25) is 0 Å². The Hall–Kier alpha value is -2.51. The molecule has 0 spiro atoms.